The third kappa shape index (κ3) is 3.35. The molecular weight excluding hydrogens is 198 g/mol. The summed E-state index contributed by atoms with van der Waals surface area (Å²) < 4.78 is 0. The summed E-state index contributed by atoms with van der Waals surface area (Å²) in [6.45, 7) is 0.393. The third-order valence-electron chi connectivity index (χ3n) is 1.70. The number of carbonyl (C=O) groups is 1. The van der Waals surface area contributed by atoms with Crippen LogP contribution in [0.2, 0.25) is 0 Å². The number of aromatic hydroxyl groups is 1. The molecule has 1 rings (SSSR count). The number of hydrogen-bond donors (Lipinski definition) is 5. The second-order valence-electron chi connectivity index (χ2n) is 2.87. The van der Waals surface area contributed by atoms with E-state index >= 15 is 0 Å². The Morgan fingerprint density at radius 3 is 2.73 bits per heavy atom. The molecule has 0 radical (unpaired) electrons. The van der Waals surface area contributed by atoms with Crippen molar-refractivity contribution in [1.29, 1.82) is 0 Å². The van der Waals surface area contributed by atoms with Crippen molar-refractivity contribution >= 4 is 17.4 Å². The molecule has 82 valence electrons. The van der Waals surface area contributed by atoms with Gasteiger partial charge in [-0.3, -0.25) is 0 Å². The van der Waals surface area contributed by atoms with Gasteiger partial charge in [0.1, 0.15) is 5.75 Å². The fourth-order valence-corrected chi connectivity index (χ4v) is 1.08. The van der Waals surface area contributed by atoms with Gasteiger partial charge < -0.3 is 26.6 Å². The number of nitrogens with two attached hydrogens (primary N) is 1. The van der Waals surface area contributed by atoms with Crippen LogP contribution in [0.4, 0.5) is 16.2 Å². The Bertz CT molecular complexity index is 354. The minimum atomic E-state index is -0.735. The van der Waals surface area contributed by atoms with Crippen molar-refractivity contribution in [2.45, 2.75) is 0 Å². The molecule has 0 saturated carbocycles. The highest BCUT2D eigenvalue weighted by molar-refractivity contribution is 5.89. The van der Waals surface area contributed by atoms with E-state index < -0.39 is 6.03 Å². The van der Waals surface area contributed by atoms with Crippen LogP contribution in [0.25, 0.3) is 0 Å². The SMILES string of the molecule is NC(=O)Nc1ccc(NCCO)cc1O. The number of phenols is 1. The number of aliphatic hydroxyl groups is 1. The number of anilines is 2. The first-order chi connectivity index (χ1) is 7.13. The summed E-state index contributed by atoms with van der Waals surface area (Å²) in [4.78, 5) is 10.5. The number of hydrogen-bond acceptors (Lipinski definition) is 4. The Hall–Kier alpha value is -1.95. The predicted molar refractivity (Wildman–Crippen MR) is 56.9 cm³/mol. The highest BCUT2D eigenvalue weighted by Gasteiger charge is 2.03. The zero-order valence-corrected chi connectivity index (χ0v) is 8.03. The number of carbonyl (C=O) groups excluding carboxylic acids is 1. The molecule has 0 unspecified atom stereocenters. The molecule has 0 spiro atoms. The van der Waals surface area contributed by atoms with Crippen LogP contribution in [0.3, 0.4) is 0 Å². The fourth-order valence-electron chi connectivity index (χ4n) is 1.08. The summed E-state index contributed by atoms with van der Waals surface area (Å²) in [6, 6.07) is 3.86. The van der Waals surface area contributed by atoms with Crippen LogP contribution in [0, 0.1) is 0 Å². The number of rotatable bonds is 4. The van der Waals surface area contributed by atoms with Crippen molar-refractivity contribution in [3.05, 3.63) is 18.2 Å². The number of nitrogens with one attached hydrogen (secondary N) is 2. The van der Waals surface area contributed by atoms with Crippen molar-refractivity contribution in [2.75, 3.05) is 23.8 Å². The van der Waals surface area contributed by atoms with Crippen LogP contribution < -0.4 is 16.4 Å². The largest absolute Gasteiger partial charge is 0.506 e. The maximum Gasteiger partial charge on any atom is 0.316 e. The molecule has 0 aromatic heterocycles. The van der Waals surface area contributed by atoms with Crippen molar-refractivity contribution in [2.24, 2.45) is 5.73 Å². The number of aliphatic hydroxyl groups excluding tert-OH is 1. The molecular formula is C9H13N3O3. The molecule has 0 aliphatic rings. The van der Waals surface area contributed by atoms with Gasteiger partial charge in [-0.15, -0.1) is 0 Å². The highest BCUT2D eigenvalue weighted by atomic mass is 16.3. The van der Waals surface area contributed by atoms with E-state index in [1.165, 1.54) is 12.1 Å². The molecule has 0 heterocycles. The van der Waals surface area contributed by atoms with Crippen molar-refractivity contribution < 1.29 is 15.0 Å². The third-order valence-corrected chi connectivity index (χ3v) is 1.70. The lowest BCUT2D eigenvalue weighted by Gasteiger charge is -2.08. The molecule has 0 aliphatic heterocycles. The standard InChI is InChI=1S/C9H13N3O3/c10-9(15)12-7-2-1-6(5-8(7)14)11-3-4-13/h1-2,5,11,13-14H,3-4H2,(H3,10,12,15). The molecule has 0 aliphatic carbocycles. The number of benzene rings is 1. The first kappa shape index (κ1) is 11.1. The van der Waals surface area contributed by atoms with Crippen LogP contribution in [0.5, 0.6) is 5.75 Å². The van der Waals surface area contributed by atoms with E-state index in [2.05, 4.69) is 10.6 Å². The second kappa shape index (κ2) is 5.06. The summed E-state index contributed by atoms with van der Waals surface area (Å²) >= 11 is 0. The van der Waals surface area contributed by atoms with Gasteiger partial charge in [0.15, 0.2) is 0 Å². The van der Waals surface area contributed by atoms with Gasteiger partial charge in [-0.25, -0.2) is 4.79 Å². The Morgan fingerprint density at radius 1 is 1.47 bits per heavy atom. The number of phenolic OH excluding ortho intramolecular Hbond substituents is 1. The molecule has 2 amide bonds. The summed E-state index contributed by atoms with van der Waals surface area (Å²) in [5, 5.41) is 23.2. The highest BCUT2D eigenvalue weighted by Crippen LogP contribution is 2.26. The first-order valence-corrected chi connectivity index (χ1v) is 4.37. The number of primary amides is 1. The predicted octanol–water partition coefficient (Wildman–Crippen LogP) is 0.287. The molecule has 15 heavy (non-hydrogen) atoms. The van der Waals surface area contributed by atoms with E-state index in [4.69, 9.17) is 10.8 Å². The summed E-state index contributed by atoms with van der Waals surface area (Å²) in [7, 11) is 0. The fraction of sp³-hybridized carbons (Fsp3) is 0.222. The average molecular weight is 211 g/mol. The number of urea groups is 1. The normalized spacial score (nSPS) is 9.67. The van der Waals surface area contributed by atoms with E-state index in [0.29, 0.717) is 12.2 Å². The zero-order valence-electron chi connectivity index (χ0n) is 8.03. The van der Waals surface area contributed by atoms with Crippen LogP contribution in [-0.4, -0.2) is 29.4 Å². The van der Waals surface area contributed by atoms with Gasteiger partial charge in [0.2, 0.25) is 0 Å². The van der Waals surface area contributed by atoms with Gasteiger partial charge in [0.25, 0.3) is 0 Å². The van der Waals surface area contributed by atoms with Gasteiger partial charge >= 0.3 is 6.03 Å². The molecule has 1 aromatic carbocycles. The molecule has 0 saturated heterocycles. The molecule has 6 heteroatoms. The molecule has 6 N–H and O–H groups in total. The summed E-state index contributed by atoms with van der Waals surface area (Å²) in [5.74, 6) is -0.0864. The minimum Gasteiger partial charge on any atom is -0.506 e. The lowest BCUT2D eigenvalue weighted by Crippen LogP contribution is -2.19. The molecule has 1 aromatic rings. The van der Waals surface area contributed by atoms with Crippen LogP contribution >= 0.6 is 0 Å². The quantitative estimate of drug-likeness (QED) is 0.461. The van der Waals surface area contributed by atoms with E-state index in [9.17, 15) is 9.90 Å². The van der Waals surface area contributed by atoms with Gasteiger partial charge in [-0.05, 0) is 12.1 Å². The van der Waals surface area contributed by atoms with Crippen molar-refractivity contribution in [3.63, 3.8) is 0 Å². The Morgan fingerprint density at radius 2 is 2.20 bits per heavy atom. The first-order valence-electron chi connectivity index (χ1n) is 4.37. The Labute approximate surface area is 86.7 Å². The molecule has 0 bridgehead atoms. The van der Waals surface area contributed by atoms with E-state index in [0.717, 1.165) is 0 Å². The van der Waals surface area contributed by atoms with E-state index in [-0.39, 0.29) is 18.0 Å². The minimum absolute atomic E-state index is 0.00203. The summed E-state index contributed by atoms with van der Waals surface area (Å²) in [6.07, 6.45) is 0. The lowest BCUT2D eigenvalue weighted by molar-refractivity contribution is 0.259. The van der Waals surface area contributed by atoms with Gasteiger partial charge in [0, 0.05) is 18.3 Å². The molecule has 0 atom stereocenters. The van der Waals surface area contributed by atoms with Gasteiger partial charge in [-0.1, -0.05) is 0 Å². The zero-order chi connectivity index (χ0) is 11.3. The van der Waals surface area contributed by atoms with E-state index in [1.54, 1.807) is 6.07 Å². The number of amides is 2. The average Bonchev–Trinajstić information content (AvgIpc) is 2.18. The maximum atomic E-state index is 10.5. The van der Waals surface area contributed by atoms with Crippen molar-refractivity contribution in [3.8, 4) is 5.75 Å². The Kier molecular flexibility index (Phi) is 3.75. The van der Waals surface area contributed by atoms with Crippen LogP contribution in [0.1, 0.15) is 0 Å². The van der Waals surface area contributed by atoms with Crippen molar-refractivity contribution in [1.82, 2.24) is 0 Å². The molecule has 0 fully saturated rings. The summed E-state index contributed by atoms with van der Waals surface area (Å²) in [5.41, 5.74) is 5.80. The second-order valence-corrected chi connectivity index (χ2v) is 2.87. The lowest BCUT2D eigenvalue weighted by atomic mass is 10.2. The maximum absolute atomic E-state index is 10.5. The Balaban J connectivity index is 2.74. The van der Waals surface area contributed by atoms with E-state index in [1.807, 2.05) is 0 Å². The molecule has 6 nitrogen and oxygen atoms in total. The smallest absolute Gasteiger partial charge is 0.316 e. The topological polar surface area (TPSA) is 108 Å². The monoisotopic (exact) mass is 211 g/mol. The van der Waals surface area contributed by atoms with Crippen LogP contribution in [0.15, 0.2) is 18.2 Å². The van der Waals surface area contributed by atoms with Gasteiger partial charge in [-0.2, -0.15) is 0 Å². The van der Waals surface area contributed by atoms with Gasteiger partial charge in [0.05, 0.1) is 12.3 Å². The van der Waals surface area contributed by atoms with Crippen LogP contribution in [-0.2, 0) is 0 Å².